The van der Waals surface area contributed by atoms with Gasteiger partial charge in [-0.1, -0.05) is 12.1 Å². The molecule has 0 atom stereocenters. The van der Waals surface area contributed by atoms with Crippen LogP contribution in [0.3, 0.4) is 0 Å². The van der Waals surface area contributed by atoms with Crippen molar-refractivity contribution >= 4 is 23.3 Å². The van der Waals surface area contributed by atoms with E-state index in [9.17, 15) is 23.2 Å². The Morgan fingerprint density at radius 3 is 2.50 bits per heavy atom. The number of anilines is 1. The van der Waals surface area contributed by atoms with Gasteiger partial charge in [-0.3, -0.25) is 9.59 Å². The van der Waals surface area contributed by atoms with Gasteiger partial charge < -0.3 is 14.5 Å². The third-order valence-corrected chi connectivity index (χ3v) is 3.70. The first-order valence-corrected chi connectivity index (χ1v) is 8.05. The highest BCUT2D eigenvalue weighted by atomic mass is 19.1. The maximum Gasteiger partial charge on any atom is 0.340 e. The molecule has 1 N–H and O–H groups in total. The second kappa shape index (κ2) is 8.26. The Hall–Kier alpha value is -3.81. The fourth-order valence-electron chi connectivity index (χ4n) is 2.36. The summed E-state index contributed by atoms with van der Waals surface area (Å²) in [6.45, 7) is -0.792. The van der Waals surface area contributed by atoms with Crippen molar-refractivity contribution in [3.05, 3.63) is 89.4 Å². The van der Waals surface area contributed by atoms with E-state index in [4.69, 9.17) is 9.15 Å². The summed E-state index contributed by atoms with van der Waals surface area (Å²) in [5, 5.41) is 2.50. The first kappa shape index (κ1) is 19.0. The third kappa shape index (κ3) is 4.29. The average molecular weight is 385 g/mol. The maximum atomic E-state index is 13.6. The first-order chi connectivity index (χ1) is 13.5. The number of nitrogens with one attached hydrogen (secondary N) is 1. The Morgan fingerprint density at radius 2 is 1.75 bits per heavy atom. The number of carbonyl (C=O) groups is 3. The van der Waals surface area contributed by atoms with Gasteiger partial charge >= 0.3 is 5.97 Å². The Kier molecular flexibility index (Phi) is 5.59. The smallest absolute Gasteiger partial charge is 0.340 e. The number of para-hydroxylation sites is 1. The van der Waals surface area contributed by atoms with Crippen molar-refractivity contribution in [1.82, 2.24) is 0 Å². The van der Waals surface area contributed by atoms with Gasteiger partial charge in [0.25, 0.3) is 5.91 Å². The van der Waals surface area contributed by atoms with E-state index < -0.39 is 41.5 Å². The molecule has 1 aromatic heterocycles. The zero-order chi connectivity index (χ0) is 20.1. The van der Waals surface area contributed by atoms with Gasteiger partial charge in [-0.05, 0) is 42.5 Å². The largest absolute Gasteiger partial charge is 0.459 e. The van der Waals surface area contributed by atoms with Crippen LogP contribution in [0, 0.1) is 11.6 Å². The number of ether oxygens (including phenoxy) is 1. The van der Waals surface area contributed by atoms with Gasteiger partial charge in [0, 0.05) is 0 Å². The third-order valence-electron chi connectivity index (χ3n) is 3.70. The molecule has 0 spiro atoms. The zero-order valence-electron chi connectivity index (χ0n) is 14.3. The molecule has 0 aliphatic rings. The Morgan fingerprint density at radius 1 is 0.964 bits per heavy atom. The molecule has 8 heteroatoms. The number of amides is 1. The van der Waals surface area contributed by atoms with Crippen molar-refractivity contribution in [1.29, 1.82) is 0 Å². The molecule has 0 unspecified atom stereocenters. The summed E-state index contributed by atoms with van der Waals surface area (Å²) in [4.78, 5) is 36.4. The number of hydrogen-bond donors (Lipinski definition) is 1. The van der Waals surface area contributed by atoms with Crippen molar-refractivity contribution < 1.29 is 32.3 Å². The zero-order valence-corrected chi connectivity index (χ0v) is 14.3. The SMILES string of the molecule is O=C(Nc1ccccc1C(=O)OCC(=O)c1cc(F)ccc1F)c1ccco1. The van der Waals surface area contributed by atoms with Gasteiger partial charge in [0.05, 0.1) is 23.1 Å². The number of benzene rings is 2. The van der Waals surface area contributed by atoms with Crippen LogP contribution in [0.1, 0.15) is 31.3 Å². The summed E-state index contributed by atoms with van der Waals surface area (Å²) in [5.74, 6) is -4.07. The lowest BCUT2D eigenvalue weighted by Crippen LogP contribution is -2.18. The average Bonchev–Trinajstić information content (AvgIpc) is 3.23. The normalized spacial score (nSPS) is 10.4. The van der Waals surface area contributed by atoms with Crippen LogP contribution in [0.5, 0.6) is 0 Å². The molecular formula is C20H13F2NO5. The second-order valence-electron chi connectivity index (χ2n) is 5.60. The van der Waals surface area contributed by atoms with Crippen molar-refractivity contribution in [3.8, 4) is 0 Å². The molecule has 3 rings (SSSR count). The van der Waals surface area contributed by atoms with Crippen molar-refractivity contribution in [3.63, 3.8) is 0 Å². The van der Waals surface area contributed by atoms with E-state index in [0.717, 1.165) is 18.2 Å². The molecule has 0 saturated heterocycles. The highest BCUT2D eigenvalue weighted by Crippen LogP contribution is 2.18. The topological polar surface area (TPSA) is 85.6 Å². The van der Waals surface area contributed by atoms with Crippen LogP contribution in [0.25, 0.3) is 0 Å². The van der Waals surface area contributed by atoms with Gasteiger partial charge in [0.1, 0.15) is 11.6 Å². The predicted molar refractivity (Wildman–Crippen MR) is 94.1 cm³/mol. The standard InChI is InChI=1S/C20H13F2NO5/c21-12-7-8-15(22)14(10-12)17(24)11-28-20(26)13-4-1-2-5-16(13)23-19(25)18-6-3-9-27-18/h1-10H,11H2,(H,23,25). The maximum absolute atomic E-state index is 13.6. The fourth-order valence-corrected chi connectivity index (χ4v) is 2.36. The molecule has 1 amide bonds. The molecular weight excluding hydrogens is 372 g/mol. The Labute approximate surface area is 157 Å². The van der Waals surface area contributed by atoms with E-state index >= 15 is 0 Å². The van der Waals surface area contributed by atoms with Gasteiger partial charge in [0.15, 0.2) is 12.4 Å². The monoisotopic (exact) mass is 385 g/mol. The minimum Gasteiger partial charge on any atom is -0.459 e. The molecule has 2 aromatic carbocycles. The van der Waals surface area contributed by atoms with E-state index in [1.807, 2.05) is 0 Å². The summed E-state index contributed by atoms with van der Waals surface area (Å²) < 4.78 is 36.7. The van der Waals surface area contributed by atoms with Crippen LogP contribution < -0.4 is 5.32 Å². The first-order valence-electron chi connectivity index (χ1n) is 8.05. The molecule has 0 aliphatic carbocycles. The van der Waals surface area contributed by atoms with E-state index in [1.54, 1.807) is 6.07 Å². The molecule has 0 radical (unpaired) electrons. The molecule has 28 heavy (non-hydrogen) atoms. The molecule has 1 heterocycles. The van der Waals surface area contributed by atoms with Crippen LogP contribution in [-0.2, 0) is 4.74 Å². The number of halogens is 2. The van der Waals surface area contributed by atoms with Crippen LogP contribution in [-0.4, -0.2) is 24.3 Å². The molecule has 0 bridgehead atoms. The van der Waals surface area contributed by atoms with Crippen LogP contribution >= 0.6 is 0 Å². The number of Topliss-reactive ketones (excluding diaryl/α,β-unsaturated/α-hetero) is 1. The minimum atomic E-state index is -0.923. The van der Waals surface area contributed by atoms with Crippen LogP contribution in [0.2, 0.25) is 0 Å². The molecule has 3 aromatic rings. The number of rotatable bonds is 6. The van der Waals surface area contributed by atoms with Crippen LogP contribution in [0.15, 0.2) is 65.3 Å². The number of carbonyl (C=O) groups excluding carboxylic acids is 3. The van der Waals surface area contributed by atoms with Gasteiger partial charge in [-0.25, -0.2) is 13.6 Å². The summed E-state index contributed by atoms with van der Waals surface area (Å²) in [5.41, 5.74) is -0.402. The summed E-state index contributed by atoms with van der Waals surface area (Å²) in [7, 11) is 0. The van der Waals surface area contributed by atoms with Gasteiger partial charge in [-0.2, -0.15) is 0 Å². The van der Waals surface area contributed by atoms with E-state index in [1.165, 1.54) is 36.6 Å². The van der Waals surface area contributed by atoms with E-state index in [2.05, 4.69) is 5.32 Å². The highest BCUT2D eigenvalue weighted by molar-refractivity contribution is 6.07. The summed E-state index contributed by atoms with van der Waals surface area (Å²) in [6, 6.07) is 11.4. The Balaban J connectivity index is 1.70. The molecule has 0 fully saturated rings. The number of furan rings is 1. The fraction of sp³-hybridized carbons (Fsp3) is 0.0500. The highest BCUT2D eigenvalue weighted by Gasteiger charge is 2.19. The van der Waals surface area contributed by atoms with Crippen molar-refractivity contribution in [2.24, 2.45) is 0 Å². The van der Waals surface area contributed by atoms with E-state index in [0.29, 0.717) is 0 Å². The van der Waals surface area contributed by atoms with Gasteiger partial charge in [0.2, 0.25) is 5.78 Å². The number of ketones is 1. The van der Waals surface area contributed by atoms with Gasteiger partial charge in [-0.15, -0.1) is 0 Å². The minimum absolute atomic E-state index is 0.0186. The molecule has 6 nitrogen and oxygen atoms in total. The predicted octanol–water partition coefficient (Wildman–Crippen LogP) is 3.85. The summed E-state index contributed by atoms with van der Waals surface area (Å²) >= 11 is 0. The molecule has 142 valence electrons. The van der Waals surface area contributed by atoms with Crippen molar-refractivity contribution in [2.75, 3.05) is 11.9 Å². The van der Waals surface area contributed by atoms with Crippen LogP contribution in [0.4, 0.5) is 14.5 Å². The lowest BCUT2D eigenvalue weighted by molar-refractivity contribution is 0.0474. The second-order valence-corrected chi connectivity index (χ2v) is 5.60. The lowest BCUT2D eigenvalue weighted by atomic mass is 10.1. The quantitative estimate of drug-likeness (QED) is 0.515. The van der Waals surface area contributed by atoms with Crippen molar-refractivity contribution in [2.45, 2.75) is 0 Å². The number of hydrogen-bond acceptors (Lipinski definition) is 5. The molecule has 0 saturated carbocycles. The summed E-state index contributed by atoms with van der Waals surface area (Å²) in [6.07, 6.45) is 1.33. The molecule has 0 aliphatic heterocycles. The Bertz CT molecular complexity index is 1030. The number of esters is 1. The lowest BCUT2D eigenvalue weighted by Gasteiger charge is -2.10. The van der Waals surface area contributed by atoms with E-state index in [-0.39, 0.29) is 17.0 Å².